The number of quaternary nitrogens is 1. The molecule has 4 nitrogen and oxygen atoms in total. The number of aromatic amines is 1. The maximum Gasteiger partial charge on any atom is 0.313 e. The van der Waals surface area contributed by atoms with E-state index in [9.17, 15) is 9.90 Å². The zero-order valence-corrected chi connectivity index (χ0v) is 14.1. The number of carbonyl (C=O) groups is 1. The largest absolute Gasteiger partial charge is 0.481 e. The van der Waals surface area contributed by atoms with Gasteiger partial charge in [0.05, 0.1) is 12.7 Å². The van der Waals surface area contributed by atoms with E-state index in [-0.39, 0.29) is 17.9 Å². The van der Waals surface area contributed by atoms with Gasteiger partial charge in [0, 0.05) is 29.7 Å². The molecule has 2 N–H and O–H groups in total. The molecule has 4 bridgehead atoms. The van der Waals surface area contributed by atoms with E-state index < -0.39 is 5.97 Å². The van der Waals surface area contributed by atoms with Crippen molar-refractivity contribution in [2.75, 3.05) is 13.6 Å². The van der Waals surface area contributed by atoms with Gasteiger partial charge in [-0.05, 0) is 24.1 Å². The topological polar surface area (TPSA) is 53.1 Å². The third-order valence-corrected chi connectivity index (χ3v) is 7.04. The minimum atomic E-state index is -0.616. The molecule has 0 saturated carbocycles. The van der Waals surface area contributed by atoms with Crippen LogP contribution in [0.3, 0.4) is 0 Å². The highest BCUT2D eigenvalue weighted by Gasteiger charge is 2.63. The second kappa shape index (κ2) is 4.51. The van der Waals surface area contributed by atoms with Gasteiger partial charge in [-0.25, -0.2) is 0 Å². The molecule has 124 valence electrons. The fourth-order valence-corrected chi connectivity index (χ4v) is 5.94. The van der Waals surface area contributed by atoms with E-state index in [0.29, 0.717) is 6.04 Å². The first-order valence-corrected chi connectivity index (χ1v) is 8.87. The van der Waals surface area contributed by atoms with Crippen LogP contribution < -0.4 is 0 Å². The Labute approximate surface area is 141 Å². The number of likely N-dealkylation sites (N-methyl/N-ethyl adjacent to an activating group) is 1. The molecule has 5 unspecified atom stereocenters. The summed E-state index contributed by atoms with van der Waals surface area (Å²) in [5, 5.41) is 11.2. The highest BCUT2D eigenvalue weighted by atomic mass is 16.4. The van der Waals surface area contributed by atoms with Crippen LogP contribution in [0.15, 0.2) is 35.9 Å². The molecule has 4 aliphatic rings. The predicted molar refractivity (Wildman–Crippen MR) is 92.6 cm³/mol. The van der Waals surface area contributed by atoms with Crippen molar-refractivity contribution in [1.82, 2.24) is 4.98 Å². The van der Waals surface area contributed by atoms with Crippen LogP contribution in [0, 0.1) is 11.8 Å². The van der Waals surface area contributed by atoms with Crippen LogP contribution in [0.1, 0.15) is 30.6 Å². The second-order valence-corrected chi connectivity index (χ2v) is 7.92. The lowest BCUT2D eigenvalue weighted by atomic mass is 9.62. The van der Waals surface area contributed by atoms with Gasteiger partial charge in [-0.3, -0.25) is 4.79 Å². The number of carboxylic acids is 1. The number of rotatable bonds is 1. The minimum absolute atomic E-state index is 0.182. The number of benzene rings is 1. The highest BCUT2D eigenvalue weighted by Crippen LogP contribution is 2.57. The van der Waals surface area contributed by atoms with Gasteiger partial charge in [0.15, 0.2) is 0 Å². The average molecular weight is 323 g/mol. The Hall–Kier alpha value is -2.07. The number of nitrogens with zero attached hydrogens (tertiary/aromatic N) is 1. The van der Waals surface area contributed by atoms with E-state index >= 15 is 0 Å². The van der Waals surface area contributed by atoms with Crippen LogP contribution in [0.25, 0.3) is 10.9 Å². The Morgan fingerprint density at radius 1 is 1.38 bits per heavy atom. The lowest BCUT2D eigenvalue weighted by molar-refractivity contribution is -0.977. The molecule has 0 radical (unpaired) electrons. The fraction of sp³-hybridized carbons (Fsp3) is 0.450. The van der Waals surface area contributed by atoms with Crippen molar-refractivity contribution in [2.24, 2.45) is 11.8 Å². The summed E-state index contributed by atoms with van der Waals surface area (Å²) in [6.45, 7) is 3.06. The lowest BCUT2D eigenvalue weighted by Gasteiger charge is -2.62. The molecule has 5 heterocycles. The van der Waals surface area contributed by atoms with Crippen molar-refractivity contribution >= 4 is 16.9 Å². The summed E-state index contributed by atoms with van der Waals surface area (Å²) in [7, 11) is 2.28. The zero-order valence-electron chi connectivity index (χ0n) is 14.1. The summed E-state index contributed by atoms with van der Waals surface area (Å²) in [4.78, 5) is 15.8. The number of aromatic nitrogens is 1. The number of nitrogens with one attached hydrogen (secondary N) is 1. The van der Waals surface area contributed by atoms with Crippen LogP contribution in [0.4, 0.5) is 0 Å². The molecule has 0 spiro atoms. The molecule has 3 saturated heterocycles. The van der Waals surface area contributed by atoms with Gasteiger partial charge in [0.25, 0.3) is 0 Å². The van der Waals surface area contributed by atoms with Crippen LogP contribution in [0.2, 0.25) is 0 Å². The van der Waals surface area contributed by atoms with E-state index in [2.05, 4.69) is 49.3 Å². The molecule has 3 fully saturated rings. The van der Waals surface area contributed by atoms with Gasteiger partial charge in [0.2, 0.25) is 0 Å². The standard InChI is InChI=1S/C20H22N2O2/c1-3-11-10-22(2)16-9-14-12-6-4-5-7-15(12)21-19(14)17(22)8-13(11)18(16)20(23)24/h3-7,13,16-18,21H,8-10H2,1-2H3/p+1. The van der Waals surface area contributed by atoms with Crippen LogP contribution in [0.5, 0.6) is 0 Å². The Morgan fingerprint density at radius 2 is 2.17 bits per heavy atom. The molecular weight excluding hydrogens is 300 g/mol. The third-order valence-electron chi connectivity index (χ3n) is 7.04. The van der Waals surface area contributed by atoms with Crippen molar-refractivity contribution in [2.45, 2.75) is 31.8 Å². The average Bonchev–Trinajstić information content (AvgIpc) is 2.92. The van der Waals surface area contributed by atoms with E-state index in [1.807, 2.05) is 0 Å². The summed E-state index contributed by atoms with van der Waals surface area (Å²) < 4.78 is 0.854. The predicted octanol–water partition coefficient (Wildman–Crippen LogP) is 3.26. The van der Waals surface area contributed by atoms with Crippen molar-refractivity contribution in [3.63, 3.8) is 0 Å². The number of aliphatic carboxylic acids is 1. The molecule has 0 aliphatic carbocycles. The number of para-hydroxylation sites is 1. The quantitative estimate of drug-likeness (QED) is 0.625. The summed E-state index contributed by atoms with van der Waals surface area (Å²) in [5.74, 6) is -0.676. The Bertz CT molecular complexity index is 896. The molecule has 0 amide bonds. The molecular formula is C20H23N2O2+. The first-order valence-electron chi connectivity index (χ1n) is 8.87. The van der Waals surface area contributed by atoms with E-state index in [4.69, 9.17) is 0 Å². The Morgan fingerprint density at radius 3 is 2.92 bits per heavy atom. The van der Waals surface area contributed by atoms with Gasteiger partial charge in [-0.2, -0.15) is 0 Å². The summed E-state index contributed by atoms with van der Waals surface area (Å²) in [6, 6.07) is 9.04. The monoisotopic (exact) mass is 323 g/mol. The first-order chi connectivity index (χ1) is 11.5. The molecule has 1 aromatic heterocycles. The lowest BCUT2D eigenvalue weighted by Crippen LogP contribution is -2.71. The maximum atomic E-state index is 12.1. The maximum absolute atomic E-state index is 12.1. The van der Waals surface area contributed by atoms with Gasteiger partial charge >= 0.3 is 5.97 Å². The van der Waals surface area contributed by atoms with E-state index in [1.54, 1.807) is 0 Å². The number of allylic oxidation sites excluding steroid dienone is 1. The number of hydrogen-bond acceptors (Lipinski definition) is 1. The van der Waals surface area contributed by atoms with Crippen molar-refractivity contribution in [3.05, 3.63) is 47.2 Å². The second-order valence-electron chi connectivity index (χ2n) is 7.92. The summed E-state index contributed by atoms with van der Waals surface area (Å²) in [6.07, 6.45) is 3.98. The van der Waals surface area contributed by atoms with Crippen molar-refractivity contribution in [3.8, 4) is 0 Å². The molecule has 2 aromatic rings. The number of hydrogen-bond donors (Lipinski definition) is 2. The minimum Gasteiger partial charge on any atom is -0.481 e. The van der Waals surface area contributed by atoms with Gasteiger partial charge in [0.1, 0.15) is 24.5 Å². The molecule has 5 atom stereocenters. The summed E-state index contributed by atoms with van der Waals surface area (Å²) in [5.41, 5.74) is 5.26. The van der Waals surface area contributed by atoms with Gasteiger partial charge in [-0.1, -0.05) is 24.3 Å². The van der Waals surface area contributed by atoms with Crippen LogP contribution in [-0.2, 0) is 11.2 Å². The van der Waals surface area contributed by atoms with Gasteiger partial charge in [-0.15, -0.1) is 0 Å². The van der Waals surface area contributed by atoms with E-state index in [0.717, 1.165) is 23.9 Å². The number of fused-ring (bicyclic) bond motifs is 4. The Balaban J connectivity index is 1.75. The first kappa shape index (κ1) is 14.3. The van der Waals surface area contributed by atoms with Crippen LogP contribution in [-0.4, -0.2) is 40.2 Å². The third kappa shape index (κ3) is 1.55. The molecule has 24 heavy (non-hydrogen) atoms. The molecule has 6 rings (SSSR count). The van der Waals surface area contributed by atoms with Gasteiger partial charge < -0.3 is 14.6 Å². The smallest absolute Gasteiger partial charge is 0.313 e. The van der Waals surface area contributed by atoms with Crippen molar-refractivity contribution in [1.29, 1.82) is 0 Å². The molecule has 4 heteroatoms. The number of piperidine rings is 3. The SMILES string of the molecule is CC=C1C[N+]2(C)C3CC1C(C(=O)O)C2Cc1c3[nH]c2ccccc12. The number of carboxylic acid groups (broad SMARTS) is 1. The molecule has 1 aromatic carbocycles. The Kier molecular flexibility index (Phi) is 2.69. The van der Waals surface area contributed by atoms with Crippen molar-refractivity contribution < 1.29 is 14.4 Å². The zero-order chi connectivity index (χ0) is 16.6. The fourth-order valence-electron chi connectivity index (χ4n) is 5.94. The summed E-state index contributed by atoms with van der Waals surface area (Å²) >= 11 is 0. The highest BCUT2D eigenvalue weighted by molar-refractivity contribution is 5.85. The molecule has 4 aliphatic heterocycles. The number of H-pyrrole nitrogens is 1. The normalized spacial score (nSPS) is 38.5. The van der Waals surface area contributed by atoms with E-state index in [1.165, 1.54) is 27.7 Å². The van der Waals surface area contributed by atoms with Crippen LogP contribution >= 0.6 is 0 Å².